The summed E-state index contributed by atoms with van der Waals surface area (Å²) in [5.74, 6) is 1.87. The summed E-state index contributed by atoms with van der Waals surface area (Å²) in [6, 6.07) is 0. The van der Waals surface area contributed by atoms with Crippen LogP contribution in [0.15, 0.2) is 0 Å². The highest BCUT2D eigenvalue weighted by Gasteiger charge is 2.13. The molecular weight excluding hydrogens is 192 g/mol. The molecule has 2 nitrogen and oxygen atoms in total. The van der Waals surface area contributed by atoms with Crippen LogP contribution in [0, 0.1) is 5.92 Å². The number of thiol groups is 1. The van der Waals surface area contributed by atoms with E-state index in [1.165, 1.54) is 45.6 Å². The molecule has 14 heavy (non-hydrogen) atoms. The van der Waals surface area contributed by atoms with Crippen LogP contribution in [0.2, 0.25) is 0 Å². The molecular formula is C11H24N2S. The van der Waals surface area contributed by atoms with Crippen molar-refractivity contribution in [3.05, 3.63) is 0 Å². The lowest BCUT2D eigenvalue weighted by atomic mass is 10.0. The fraction of sp³-hybridized carbons (Fsp3) is 1.00. The number of piperazine rings is 1. The Labute approximate surface area is 94.1 Å². The molecule has 84 valence electrons. The molecule has 0 N–H and O–H groups in total. The summed E-state index contributed by atoms with van der Waals surface area (Å²) in [6.45, 7) is 8.60. The van der Waals surface area contributed by atoms with E-state index < -0.39 is 0 Å². The van der Waals surface area contributed by atoms with Crippen LogP contribution in [0.25, 0.3) is 0 Å². The van der Waals surface area contributed by atoms with Crippen LogP contribution in [0.5, 0.6) is 0 Å². The van der Waals surface area contributed by atoms with Crippen LogP contribution >= 0.6 is 12.6 Å². The number of rotatable bonds is 5. The number of nitrogens with zero attached hydrogens (tertiary/aromatic N) is 2. The zero-order valence-corrected chi connectivity index (χ0v) is 10.5. The summed E-state index contributed by atoms with van der Waals surface area (Å²) in [5, 5.41) is 0. The van der Waals surface area contributed by atoms with Gasteiger partial charge in [0.05, 0.1) is 0 Å². The molecule has 1 aliphatic rings. The van der Waals surface area contributed by atoms with Crippen molar-refractivity contribution < 1.29 is 0 Å². The minimum Gasteiger partial charge on any atom is -0.304 e. The first kappa shape index (κ1) is 12.3. The van der Waals surface area contributed by atoms with E-state index in [9.17, 15) is 0 Å². The highest BCUT2D eigenvalue weighted by atomic mass is 32.1. The Kier molecular flexibility index (Phi) is 5.90. The van der Waals surface area contributed by atoms with Gasteiger partial charge in [0.2, 0.25) is 0 Å². The van der Waals surface area contributed by atoms with Gasteiger partial charge in [0, 0.05) is 26.2 Å². The summed E-state index contributed by atoms with van der Waals surface area (Å²) in [4.78, 5) is 5.00. The summed E-state index contributed by atoms with van der Waals surface area (Å²) in [7, 11) is 2.21. The van der Waals surface area contributed by atoms with Gasteiger partial charge >= 0.3 is 0 Å². The average Bonchev–Trinajstić information content (AvgIpc) is 2.17. The highest BCUT2D eigenvalue weighted by molar-refractivity contribution is 7.80. The molecule has 0 bridgehead atoms. The van der Waals surface area contributed by atoms with E-state index in [1.807, 2.05) is 0 Å². The molecule has 0 spiro atoms. The fourth-order valence-electron chi connectivity index (χ4n) is 1.84. The van der Waals surface area contributed by atoms with Crippen LogP contribution in [0.4, 0.5) is 0 Å². The van der Waals surface area contributed by atoms with Gasteiger partial charge < -0.3 is 9.80 Å². The van der Waals surface area contributed by atoms with Crippen molar-refractivity contribution in [1.82, 2.24) is 9.80 Å². The third-order valence-electron chi connectivity index (χ3n) is 3.16. The number of hydrogen-bond acceptors (Lipinski definition) is 3. The Morgan fingerprint density at radius 2 is 1.79 bits per heavy atom. The van der Waals surface area contributed by atoms with E-state index in [2.05, 4.69) is 36.4 Å². The van der Waals surface area contributed by atoms with E-state index in [-0.39, 0.29) is 0 Å². The smallest absolute Gasteiger partial charge is 0.0110 e. The maximum atomic E-state index is 4.27. The molecule has 1 unspecified atom stereocenters. The van der Waals surface area contributed by atoms with Gasteiger partial charge in [-0.05, 0) is 38.1 Å². The first-order valence-corrected chi connectivity index (χ1v) is 6.37. The molecule has 1 aliphatic heterocycles. The third-order valence-corrected chi connectivity index (χ3v) is 3.41. The summed E-state index contributed by atoms with van der Waals surface area (Å²) < 4.78 is 0. The molecule has 1 rings (SSSR count). The molecule has 0 amide bonds. The predicted molar refractivity (Wildman–Crippen MR) is 66.2 cm³/mol. The van der Waals surface area contributed by atoms with Crippen molar-refractivity contribution in [2.24, 2.45) is 5.92 Å². The molecule has 0 saturated carbocycles. The Bertz CT molecular complexity index is 144. The summed E-state index contributed by atoms with van der Waals surface area (Å²) in [5.41, 5.74) is 0. The number of likely N-dealkylation sites (N-methyl/N-ethyl adjacent to an activating group) is 1. The van der Waals surface area contributed by atoms with Gasteiger partial charge in [-0.2, -0.15) is 12.6 Å². The normalized spacial score (nSPS) is 22.5. The van der Waals surface area contributed by atoms with Crippen molar-refractivity contribution in [1.29, 1.82) is 0 Å². The lowest BCUT2D eigenvalue weighted by molar-refractivity contribution is 0.147. The van der Waals surface area contributed by atoms with Crippen molar-refractivity contribution in [3.63, 3.8) is 0 Å². The largest absolute Gasteiger partial charge is 0.304 e. The molecule has 0 aromatic heterocycles. The molecule has 1 fully saturated rings. The molecule has 1 atom stereocenters. The topological polar surface area (TPSA) is 6.48 Å². The lowest BCUT2D eigenvalue weighted by Crippen LogP contribution is -2.44. The standard InChI is InChI=1S/C11H24N2S/c1-11(4-10-14)3-5-13-8-6-12(2)7-9-13/h11,14H,3-10H2,1-2H3. The predicted octanol–water partition coefficient (Wildman–Crippen LogP) is 1.58. The van der Waals surface area contributed by atoms with Gasteiger partial charge in [-0.25, -0.2) is 0 Å². The zero-order valence-electron chi connectivity index (χ0n) is 9.58. The van der Waals surface area contributed by atoms with Crippen molar-refractivity contribution in [3.8, 4) is 0 Å². The maximum Gasteiger partial charge on any atom is 0.0110 e. The van der Waals surface area contributed by atoms with Crippen molar-refractivity contribution in [2.75, 3.05) is 45.5 Å². The third kappa shape index (κ3) is 4.67. The molecule has 1 saturated heterocycles. The minimum atomic E-state index is 0.840. The maximum absolute atomic E-state index is 4.27. The Hall–Kier alpha value is 0.270. The highest BCUT2D eigenvalue weighted by Crippen LogP contribution is 2.10. The van der Waals surface area contributed by atoms with E-state index >= 15 is 0 Å². The van der Waals surface area contributed by atoms with Crippen molar-refractivity contribution in [2.45, 2.75) is 19.8 Å². The average molecular weight is 216 g/mol. The fourth-order valence-corrected chi connectivity index (χ4v) is 2.28. The van der Waals surface area contributed by atoms with Crippen LogP contribution < -0.4 is 0 Å². The zero-order chi connectivity index (χ0) is 10.4. The van der Waals surface area contributed by atoms with Gasteiger partial charge in [-0.1, -0.05) is 6.92 Å². The second-order valence-electron chi connectivity index (χ2n) is 4.55. The number of hydrogen-bond donors (Lipinski definition) is 1. The van der Waals surface area contributed by atoms with E-state index in [1.54, 1.807) is 0 Å². The Morgan fingerprint density at radius 1 is 1.14 bits per heavy atom. The molecule has 0 aromatic carbocycles. The summed E-state index contributed by atoms with van der Waals surface area (Å²) >= 11 is 4.27. The SMILES string of the molecule is CC(CCS)CCN1CCN(C)CC1. The van der Waals surface area contributed by atoms with Crippen LogP contribution in [-0.4, -0.2) is 55.3 Å². The van der Waals surface area contributed by atoms with Gasteiger partial charge in [-0.15, -0.1) is 0 Å². The minimum absolute atomic E-state index is 0.840. The molecule has 0 radical (unpaired) electrons. The Balaban J connectivity index is 2.06. The van der Waals surface area contributed by atoms with E-state index in [0.717, 1.165) is 11.7 Å². The first-order valence-electron chi connectivity index (χ1n) is 5.74. The van der Waals surface area contributed by atoms with Gasteiger partial charge in [0.15, 0.2) is 0 Å². The van der Waals surface area contributed by atoms with E-state index in [0.29, 0.717) is 0 Å². The molecule has 3 heteroatoms. The summed E-state index contributed by atoms with van der Waals surface area (Å²) in [6.07, 6.45) is 2.60. The molecule has 0 aliphatic carbocycles. The lowest BCUT2D eigenvalue weighted by Gasteiger charge is -2.32. The second-order valence-corrected chi connectivity index (χ2v) is 5.00. The van der Waals surface area contributed by atoms with E-state index in [4.69, 9.17) is 0 Å². The van der Waals surface area contributed by atoms with Crippen LogP contribution in [-0.2, 0) is 0 Å². The quantitative estimate of drug-likeness (QED) is 0.697. The van der Waals surface area contributed by atoms with Gasteiger partial charge in [0.1, 0.15) is 0 Å². The first-order chi connectivity index (χ1) is 6.72. The second kappa shape index (κ2) is 6.70. The van der Waals surface area contributed by atoms with Gasteiger partial charge in [0.25, 0.3) is 0 Å². The Morgan fingerprint density at radius 3 is 2.36 bits per heavy atom. The molecule has 1 heterocycles. The monoisotopic (exact) mass is 216 g/mol. The van der Waals surface area contributed by atoms with Gasteiger partial charge in [-0.3, -0.25) is 0 Å². The van der Waals surface area contributed by atoms with Crippen LogP contribution in [0.3, 0.4) is 0 Å². The van der Waals surface area contributed by atoms with Crippen molar-refractivity contribution >= 4 is 12.6 Å². The van der Waals surface area contributed by atoms with Crippen LogP contribution in [0.1, 0.15) is 19.8 Å². The molecule has 0 aromatic rings.